The zero-order valence-electron chi connectivity index (χ0n) is 17.6. The number of imide groups is 1. The Morgan fingerprint density at radius 2 is 1.59 bits per heavy atom. The molecule has 0 N–H and O–H groups in total. The first-order valence-electron chi connectivity index (χ1n) is 10.5. The Balaban J connectivity index is 1.59. The summed E-state index contributed by atoms with van der Waals surface area (Å²) in [6, 6.07) is 16.0. The Morgan fingerprint density at radius 3 is 2.19 bits per heavy atom. The molecule has 1 saturated heterocycles. The van der Waals surface area contributed by atoms with Crippen LogP contribution in [0.5, 0.6) is 0 Å². The van der Waals surface area contributed by atoms with Crippen molar-refractivity contribution in [3.63, 3.8) is 0 Å². The van der Waals surface area contributed by atoms with Gasteiger partial charge in [0.1, 0.15) is 5.70 Å². The quantitative estimate of drug-likeness (QED) is 0.289. The van der Waals surface area contributed by atoms with E-state index in [1.165, 1.54) is 40.8 Å². The number of carbonyl (C=O) groups is 2. The summed E-state index contributed by atoms with van der Waals surface area (Å²) in [6.07, 6.45) is 1.52. The molecule has 4 rings (SSSR count). The van der Waals surface area contributed by atoms with E-state index in [0.29, 0.717) is 29.9 Å². The molecule has 2 aliphatic rings. The molecule has 0 aromatic heterocycles. The van der Waals surface area contributed by atoms with Crippen LogP contribution in [-0.4, -0.2) is 64.2 Å². The smallest absolute Gasteiger partial charge is 0.278 e. The molecule has 2 heterocycles. The summed E-state index contributed by atoms with van der Waals surface area (Å²) in [5, 5.41) is 11.0. The summed E-state index contributed by atoms with van der Waals surface area (Å²) in [5.41, 5.74) is 2.33. The van der Waals surface area contributed by atoms with Gasteiger partial charge in [0.25, 0.3) is 17.5 Å². The summed E-state index contributed by atoms with van der Waals surface area (Å²) >= 11 is 0. The van der Waals surface area contributed by atoms with E-state index in [1.807, 2.05) is 23.1 Å². The summed E-state index contributed by atoms with van der Waals surface area (Å²) in [4.78, 5) is 42.3. The van der Waals surface area contributed by atoms with Crippen LogP contribution in [0.3, 0.4) is 0 Å². The first-order valence-corrected chi connectivity index (χ1v) is 10.5. The molecule has 2 aromatic rings. The van der Waals surface area contributed by atoms with E-state index < -0.39 is 10.8 Å². The molecule has 2 amide bonds. The van der Waals surface area contributed by atoms with Crippen LogP contribution in [-0.2, 0) is 16.1 Å². The van der Waals surface area contributed by atoms with E-state index in [-0.39, 0.29) is 18.1 Å². The third-order valence-corrected chi connectivity index (χ3v) is 5.76. The molecular formula is C24H24N4O4. The number of benzene rings is 2. The Hall–Kier alpha value is -3.78. The Kier molecular flexibility index (Phi) is 6.13. The highest BCUT2D eigenvalue weighted by Gasteiger charge is 2.41. The minimum atomic E-state index is -0.489. The average Bonchev–Trinajstić information content (AvgIpc) is 3.05. The number of carbonyl (C=O) groups excluding carboxylic acids is 2. The summed E-state index contributed by atoms with van der Waals surface area (Å²) in [5.74, 6) is -0.745. The highest BCUT2D eigenvalue weighted by atomic mass is 16.6. The van der Waals surface area contributed by atoms with Gasteiger partial charge >= 0.3 is 0 Å². The van der Waals surface area contributed by atoms with E-state index in [9.17, 15) is 19.7 Å². The van der Waals surface area contributed by atoms with Crippen LogP contribution >= 0.6 is 0 Å². The molecule has 32 heavy (non-hydrogen) atoms. The molecule has 0 atom stereocenters. The van der Waals surface area contributed by atoms with Gasteiger partial charge in [-0.15, -0.1) is 6.58 Å². The number of hydrogen-bond donors (Lipinski definition) is 0. The molecule has 0 bridgehead atoms. The largest absolute Gasteiger partial charge is 0.364 e. The molecule has 8 nitrogen and oxygen atoms in total. The van der Waals surface area contributed by atoms with Gasteiger partial charge in [-0.1, -0.05) is 36.4 Å². The molecule has 0 unspecified atom stereocenters. The van der Waals surface area contributed by atoms with Gasteiger partial charge in [0.05, 0.1) is 10.5 Å². The second-order valence-corrected chi connectivity index (χ2v) is 7.79. The lowest BCUT2D eigenvalue weighted by atomic mass is 10.0. The fraction of sp³-hybridized carbons (Fsp3) is 0.250. The minimum absolute atomic E-state index is 0.0647. The van der Waals surface area contributed by atoms with Gasteiger partial charge in [-0.25, -0.2) is 0 Å². The maximum Gasteiger partial charge on any atom is 0.278 e. The molecule has 164 valence electrons. The van der Waals surface area contributed by atoms with Crippen LogP contribution < -0.4 is 0 Å². The number of nitro benzene ring substituents is 1. The molecule has 0 aliphatic carbocycles. The van der Waals surface area contributed by atoms with Gasteiger partial charge in [0.2, 0.25) is 0 Å². The predicted octanol–water partition coefficient (Wildman–Crippen LogP) is 2.68. The van der Waals surface area contributed by atoms with Gasteiger partial charge in [-0.05, 0) is 23.3 Å². The summed E-state index contributed by atoms with van der Waals surface area (Å²) in [7, 11) is 0. The average molecular weight is 432 g/mol. The zero-order valence-corrected chi connectivity index (χ0v) is 17.6. The van der Waals surface area contributed by atoms with Gasteiger partial charge in [0.15, 0.2) is 0 Å². The Morgan fingerprint density at radius 1 is 0.938 bits per heavy atom. The first-order chi connectivity index (χ1) is 15.5. The number of rotatable bonds is 7. The highest BCUT2D eigenvalue weighted by Crippen LogP contribution is 2.33. The maximum absolute atomic E-state index is 13.2. The van der Waals surface area contributed by atoms with Crippen molar-refractivity contribution in [3.8, 4) is 0 Å². The number of hydrogen-bond acceptors (Lipinski definition) is 6. The second kappa shape index (κ2) is 9.15. The lowest BCUT2D eigenvalue weighted by molar-refractivity contribution is -0.384. The molecule has 1 fully saturated rings. The Labute approximate surface area is 186 Å². The molecule has 0 spiro atoms. The maximum atomic E-state index is 13.2. The van der Waals surface area contributed by atoms with Gasteiger partial charge in [0, 0.05) is 51.4 Å². The van der Waals surface area contributed by atoms with Gasteiger partial charge in [-0.3, -0.25) is 29.5 Å². The van der Waals surface area contributed by atoms with Crippen molar-refractivity contribution < 1.29 is 14.5 Å². The zero-order chi connectivity index (χ0) is 22.7. The van der Waals surface area contributed by atoms with Crippen molar-refractivity contribution in [3.05, 3.63) is 94.2 Å². The third kappa shape index (κ3) is 4.17. The molecule has 0 radical (unpaired) electrons. The number of piperazine rings is 1. The van der Waals surface area contributed by atoms with E-state index in [0.717, 1.165) is 19.6 Å². The standard InChI is InChI=1S/C24H24N4O4/c1-2-12-27-23(29)21(19-8-10-20(11-9-19)28(31)32)22(24(27)30)26-15-13-25(14-16-26)17-18-6-4-3-5-7-18/h2-11H,1,12-17H2. The third-order valence-electron chi connectivity index (χ3n) is 5.76. The highest BCUT2D eigenvalue weighted by molar-refractivity contribution is 6.35. The normalized spacial score (nSPS) is 17.2. The Bertz CT molecular complexity index is 1070. The van der Waals surface area contributed by atoms with Crippen LogP contribution in [0, 0.1) is 10.1 Å². The second-order valence-electron chi connectivity index (χ2n) is 7.79. The molecular weight excluding hydrogens is 408 g/mol. The number of amides is 2. The molecule has 2 aliphatic heterocycles. The van der Waals surface area contributed by atoms with E-state index in [2.05, 4.69) is 23.6 Å². The van der Waals surface area contributed by atoms with E-state index in [4.69, 9.17) is 0 Å². The number of non-ortho nitro benzene ring substituents is 1. The number of nitrogens with zero attached hydrogens (tertiary/aromatic N) is 4. The first kappa shape index (κ1) is 21.5. The van der Waals surface area contributed by atoms with Crippen LogP contribution in [0.15, 0.2) is 72.9 Å². The monoisotopic (exact) mass is 432 g/mol. The van der Waals surface area contributed by atoms with Crippen molar-refractivity contribution in [2.24, 2.45) is 0 Å². The number of nitro groups is 1. The van der Waals surface area contributed by atoms with Crippen molar-refractivity contribution in [2.75, 3.05) is 32.7 Å². The molecule has 0 saturated carbocycles. The lowest BCUT2D eigenvalue weighted by Crippen LogP contribution is -2.47. The SMILES string of the molecule is C=CCN1C(=O)C(c2ccc([N+](=O)[O-])cc2)=C(N2CCN(Cc3ccccc3)CC2)C1=O. The topological polar surface area (TPSA) is 87.0 Å². The summed E-state index contributed by atoms with van der Waals surface area (Å²) in [6.45, 7) is 7.34. The van der Waals surface area contributed by atoms with E-state index >= 15 is 0 Å². The van der Waals surface area contributed by atoms with Crippen molar-refractivity contribution >= 4 is 23.1 Å². The van der Waals surface area contributed by atoms with Gasteiger partial charge < -0.3 is 4.90 Å². The van der Waals surface area contributed by atoms with Crippen molar-refractivity contribution in [2.45, 2.75) is 6.54 Å². The molecule has 8 heteroatoms. The summed E-state index contributed by atoms with van der Waals surface area (Å²) < 4.78 is 0. The van der Waals surface area contributed by atoms with Crippen LogP contribution in [0.25, 0.3) is 5.57 Å². The van der Waals surface area contributed by atoms with Crippen molar-refractivity contribution in [1.29, 1.82) is 0 Å². The van der Waals surface area contributed by atoms with Crippen LogP contribution in [0.2, 0.25) is 0 Å². The predicted molar refractivity (Wildman–Crippen MR) is 120 cm³/mol. The van der Waals surface area contributed by atoms with Crippen molar-refractivity contribution in [1.82, 2.24) is 14.7 Å². The molecule has 2 aromatic carbocycles. The van der Waals surface area contributed by atoms with E-state index in [1.54, 1.807) is 0 Å². The fourth-order valence-corrected chi connectivity index (χ4v) is 4.13. The lowest BCUT2D eigenvalue weighted by Gasteiger charge is -2.36. The van der Waals surface area contributed by atoms with Crippen LogP contribution in [0.4, 0.5) is 5.69 Å². The minimum Gasteiger partial charge on any atom is -0.364 e. The van der Waals surface area contributed by atoms with Gasteiger partial charge in [-0.2, -0.15) is 0 Å². The van der Waals surface area contributed by atoms with Crippen LogP contribution in [0.1, 0.15) is 11.1 Å². The fourth-order valence-electron chi connectivity index (χ4n) is 4.13.